The maximum Gasteiger partial charge on any atom is 0.223 e. The van der Waals surface area contributed by atoms with Crippen LogP contribution < -0.4 is 11.1 Å². The van der Waals surface area contributed by atoms with Gasteiger partial charge in [0.2, 0.25) is 5.95 Å². The van der Waals surface area contributed by atoms with Gasteiger partial charge in [0, 0.05) is 12.8 Å². The van der Waals surface area contributed by atoms with Crippen molar-refractivity contribution in [3.05, 3.63) is 11.4 Å². The zero-order chi connectivity index (χ0) is 12.5. The van der Waals surface area contributed by atoms with Gasteiger partial charge < -0.3 is 11.1 Å². The highest BCUT2D eigenvalue weighted by Gasteiger charge is 2.08. The topological polar surface area (TPSA) is 98.0 Å². The van der Waals surface area contributed by atoms with Crippen LogP contribution in [-0.4, -0.2) is 36.9 Å². The third kappa shape index (κ3) is 3.04. The van der Waals surface area contributed by atoms with Gasteiger partial charge in [0.25, 0.3) is 0 Å². The van der Waals surface area contributed by atoms with E-state index in [1.54, 1.807) is 0 Å². The van der Waals surface area contributed by atoms with Crippen molar-refractivity contribution in [3.8, 4) is 0 Å². The third-order valence-electron chi connectivity index (χ3n) is 2.11. The van der Waals surface area contributed by atoms with Gasteiger partial charge in [-0.1, -0.05) is 0 Å². The van der Waals surface area contributed by atoms with Crippen LogP contribution in [0.2, 0.25) is 0 Å². The molecule has 2 rings (SSSR count). The molecule has 0 saturated heterocycles. The summed E-state index contributed by atoms with van der Waals surface area (Å²) in [7, 11) is -2.98. The molecule has 0 spiro atoms. The monoisotopic (exact) mass is 272 g/mol. The first-order chi connectivity index (χ1) is 7.96. The molecule has 3 N–H and O–H groups in total. The number of nitrogen functional groups attached to an aromatic ring is 1. The highest BCUT2D eigenvalue weighted by molar-refractivity contribution is 7.90. The second-order valence-corrected chi connectivity index (χ2v) is 6.78. The molecule has 0 aliphatic carbocycles. The second kappa shape index (κ2) is 4.46. The van der Waals surface area contributed by atoms with Crippen molar-refractivity contribution in [2.45, 2.75) is 0 Å². The van der Waals surface area contributed by atoms with E-state index in [4.69, 9.17) is 5.73 Å². The highest BCUT2D eigenvalue weighted by atomic mass is 32.2. The average Bonchev–Trinajstić information content (AvgIpc) is 2.63. The van der Waals surface area contributed by atoms with E-state index in [1.807, 2.05) is 11.4 Å². The molecule has 0 unspecified atom stereocenters. The van der Waals surface area contributed by atoms with Gasteiger partial charge in [0.05, 0.1) is 11.1 Å². The number of hydrogen-bond donors (Lipinski definition) is 2. The van der Waals surface area contributed by atoms with Crippen LogP contribution in [0, 0.1) is 0 Å². The van der Waals surface area contributed by atoms with Crippen LogP contribution >= 0.6 is 11.3 Å². The molecule has 0 amide bonds. The summed E-state index contributed by atoms with van der Waals surface area (Å²) in [5.74, 6) is 0.821. The van der Waals surface area contributed by atoms with E-state index in [-0.39, 0.29) is 11.7 Å². The van der Waals surface area contributed by atoms with Gasteiger partial charge in [0.15, 0.2) is 0 Å². The molecule has 2 heterocycles. The Bertz CT molecular complexity index is 635. The van der Waals surface area contributed by atoms with E-state index in [9.17, 15) is 8.42 Å². The molecule has 8 heteroatoms. The number of aromatic nitrogens is 2. The molecule has 0 aliphatic rings. The molecule has 0 aromatic carbocycles. The number of fused-ring (bicyclic) bond motifs is 1. The first-order valence-electron chi connectivity index (χ1n) is 4.88. The van der Waals surface area contributed by atoms with E-state index >= 15 is 0 Å². The largest absolute Gasteiger partial charge is 0.368 e. The third-order valence-corrected chi connectivity index (χ3v) is 3.86. The lowest BCUT2D eigenvalue weighted by Gasteiger charge is -2.06. The first-order valence-corrected chi connectivity index (χ1v) is 7.82. The highest BCUT2D eigenvalue weighted by Crippen LogP contribution is 2.25. The molecule has 2 aromatic heterocycles. The van der Waals surface area contributed by atoms with Crippen molar-refractivity contribution in [3.63, 3.8) is 0 Å². The molecule has 0 bridgehead atoms. The van der Waals surface area contributed by atoms with Crippen LogP contribution in [0.25, 0.3) is 10.2 Å². The average molecular weight is 272 g/mol. The first kappa shape index (κ1) is 12.1. The normalized spacial score (nSPS) is 11.8. The summed E-state index contributed by atoms with van der Waals surface area (Å²) in [6.07, 6.45) is 1.20. The molecule has 6 nitrogen and oxygen atoms in total. The van der Waals surface area contributed by atoms with Gasteiger partial charge >= 0.3 is 0 Å². The second-order valence-electron chi connectivity index (χ2n) is 3.63. The Balaban J connectivity index is 2.20. The number of nitrogens with two attached hydrogens (primary N) is 1. The lowest BCUT2D eigenvalue weighted by molar-refractivity contribution is 0.602. The molecule has 0 fully saturated rings. The van der Waals surface area contributed by atoms with Crippen LogP contribution in [0.5, 0.6) is 0 Å². The van der Waals surface area contributed by atoms with Crippen LogP contribution in [0.1, 0.15) is 0 Å². The van der Waals surface area contributed by atoms with Gasteiger partial charge in [-0.25, -0.2) is 13.4 Å². The number of rotatable bonds is 4. The Morgan fingerprint density at radius 3 is 2.94 bits per heavy atom. The van der Waals surface area contributed by atoms with Crippen molar-refractivity contribution < 1.29 is 8.42 Å². The quantitative estimate of drug-likeness (QED) is 0.851. The molecule has 0 aliphatic heterocycles. The van der Waals surface area contributed by atoms with Crippen molar-refractivity contribution in [2.75, 3.05) is 29.6 Å². The van der Waals surface area contributed by atoms with Crippen LogP contribution in [0.15, 0.2) is 11.4 Å². The zero-order valence-electron chi connectivity index (χ0n) is 9.17. The summed E-state index contributed by atoms with van der Waals surface area (Å²) in [4.78, 5) is 8.93. The number of hydrogen-bond acceptors (Lipinski definition) is 7. The van der Waals surface area contributed by atoms with Crippen LogP contribution in [0.3, 0.4) is 0 Å². The minimum absolute atomic E-state index is 0.0581. The maximum atomic E-state index is 11.0. The van der Waals surface area contributed by atoms with Crippen molar-refractivity contribution >= 4 is 43.2 Å². The molecule has 92 valence electrons. The fourth-order valence-corrected chi connectivity index (χ4v) is 2.61. The van der Waals surface area contributed by atoms with Gasteiger partial charge in [-0.3, -0.25) is 0 Å². The number of nitrogens with zero attached hydrogens (tertiary/aromatic N) is 2. The number of sulfone groups is 1. The summed E-state index contributed by atoms with van der Waals surface area (Å²) in [5.41, 5.74) is 5.57. The predicted molar refractivity (Wildman–Crippen MR) is 70.0 cm³/mol. The van der Waals surface area contributed by atoms with Crippen molar-refractivity contribution in [2.24, 2.45) is 0 Å². The van der Waals surface area contributed by atoms with E-state index in [0.717, 1.165) is 10.2 Å². The minimum atomic E-state index is -2.98. The maximum absolute atomic E-state index is 11.0. The van der Waals surface area contributed by atoms with E-state index < -0.39 is 9.84 Å². The molecular weight excluding hydrogens is 260 g/mol. The summed E-state index contributed by atoms with van der Waals surface area (Å²) in [6, 6.07) is 1.88. The van der Waals surface area contributed by atoms with Gasteiger partial charge in [-0.05, 0) is 11.4 Å². The lowest BCUT2D eigenvalue weighted by Crippen LogP contribution is -2.15. The number of thiophene rings is 1. The lowest BCUT2D eigenvalue weighted by atomic mass is 10.4. The van der Waals surface area contributed by atoms with Crippen molar-refractivity contribution in [1.82, 2.24) is 9.97 Å². The van der Waals surface area contributed by atoms with Gasteiger partial charge in [0.1, 0.15) is 20.5 Å². The summed E-state index contributed by atoms with van der Waals surface area (Å²) >= 11 is 1.47. The molecule has 0 radical (unpaired) electrons. The van der Waals surface area contributed by atoms with Crippen LogP contribution in [-0.2, 0) is 9.84 Å². The SMILES string of the molecule is CS(=O)(=O)CCNc1nc(N)nc2sccc12. The fourth-order valence-electron chi connectivity index (χ4n) is 1.36. The van der Waals surface area contributed by atoms with E-state index in [2.05, 4.69) is 15.3 Å². The molecule has 0 saturated carbocycles. The molecular formula is C9H12N4O2S2. The fraction of sp³-hybridized carbons (Fsp3) is 0.333. The zero-order valence-corrected chi connectivity index (χ0v) is 10.8. The smallest absolute Gasteiger partial charge is 0.223 e. The Morgan fingerprint density at radius 1 is 1.47 bits per heavy atom. The number of nitrogens with one attached hydrogen (secondary N) is 1. The summed E-state index contributed by atoms with van der Waals surface area (Å²) in [6.45, 7) is 0.306. The molecule has 2 aromatic rings. The van der Waals surface area contributed by atoms with E-state index in [1.165, 1.54) is 17.6 Å². The van der Waals surface area contributed by atoms with Crippen LogP contribution in [0.4, 0.5) is 11.8 Å². The standard InChI is InChI=1S/C9H12N4O2S2/c1-17(14,15)5-3-11-7-6-2-4-16-8(6)13-9(10)12-7/h2,4H,3,5H2,1H3,(H3,10,11,12,13). The van der Waals surface area contributed by atoms with Gasteiger partial charge in [-0.15, -0.1) is 11.3 Å². The molecule has 17 heavy (non-hydrogen) atoms. The Hall–Kier alpha value is -1.41. The van der Waals surface area contributed by atoms with Crippen molar-refractivity contribution in [1.29, 1.82) is 0 Å². The summed E-state index contributed by atoms with van der Waals surface area (Å²) < 4.78 is 22.0. The predicted octanol–water partition coefficient (Wildman–Crippen LogP) is 0.730. The van der Waals surface area contributed by atoms with E-state index in [0.29, 0.717) is 12.4 Å². The Morgan fingerprint density at radius 2 is 2.24 bits per heavy atom. The molecule has 0 atom stereocenters. The minimum Gasteiger partial charge on any atom is -0.368 e. The Labute approximate surface area is 103 Å². The number of anilines is 2. The van der Waals surface area contributed by atoms with Gasteiger partial charge in [-0.2, -0.15) is 4.98 Å². The summed E-state index contributed by atoms with van der Waals surface area (Å²) in [5, 5.41) is 5.72. The Kier molecular flexibility index (Phi) is 3.16.